The minimum Gasteiger partial charge on any atom is -0.478 e. The van der Waals surface area contributed by atoms with Crippen molar-refractivity contribution in [1.29, 1.82) is 0 Å². The maximum absolute atomic E-state index is 15.1. The Bertz CT molecular complexity index is 1330. The van der Waals surface area contributed by atoms with Crippen molar-refractivity contribution in [2.45, 2.75) is 36.6 Å². The number of rotatable bonds is 5. The molecule has 0 spiro atoms. The zero-order valence-electron chi connectivity index (χ0n) is 16.9. The molecule has 0 saturated carbocycles. The van der Waals surface area contributed by atoms with E-state index in [1.54, 1.807) is 21.5 Å². The quantitative estimate of drug-likeness (QED) is 0.368. The van der Waals surface area contributed by atoms with Gasteiger partial charge in [-0.1, -0.05) is 23.4 Å². The van der Waals surface area contributed by atoms with Gasteiger partial charge < -0.3 is 9.67 Å². The molecule has 160 valence electrons. The van der Waals surface area contributed by atoms with Gasteiger partial charge in [-0.05, 0) is 51.1 Å². The number of fused-ring (bicyclic) bond motifs is 1. The van der Waals surface area contributed by atoms with E-state index >= 15 is 4.39 Å². The van der Waals surface area contributed by atoms with Crippen LogP contribution >= 0.6 is 23.4 Å². The Labute approximate surface area is 186 Å². The summed E-state index contributed by atoms with van der Waals surface area (Å²) in [6.07, 6.45) is 3.46. The smallest absolute Gasteiger partial charge is 0.335 e. The molecule has 0 unspecified atom stereocenters. The van der Waals surface area contributed by atoms with Gasteiger partial charge in [0.15, 0.2) is 5.82 Å². The lowest BCUT2D eigenvalue weighted by molar-refractivity contribution is 0.0696. The van der Waals surface area contributed by atoms with Crippen molar-refractivity contribution in [2.24, 2.45) is 0 Å². The van der Waals surface area contributed by atoms with Gasteiger partial charge in [0.05, 0.1) is 28.0 Å². The van der Waals surface area contributed by atoms with Gasteiger partial charge in [0.1, 0.15) is 5.82 Å². The van der Waals surface area contributed by atoms with E-state index in [0.717, 1.165) is 6.07 Å². The van der Waals surface area contributed by atoms with E-state index in [9.17, 15) is 14.3 Å². The fourth-order valence-corrected chi connectivity index (χ4v) is 4.71. The summed E-state index contributed by atoms with van der Waals surface area (Å²) in [7, 11) is 0. The second-order valence-corrected chi connectivity index (χ2v) is 8.85. The molecular formula is C22H18ClF2N3O2S. The van der Waals surface area contributed by atoms with Gasteiger partial charge in [-0.2, -0.15) is 5.10 Å². The molecule has 4 aromatic rings. The molecule has 0 aliphatic carbocycles. The van der Waals surface area contributed by atoms with E-state index in [1.807, 2.05) is 27.0 Å². The fraction of sp³-hybridized carbons (Fsp3) is 0.182. The zero-order chi connectivity index (χ0) is 22.4. The molecule has 0 saturated heterocycles. The number of nitrogens with zero attached hydrogens (tertiary/aromatic N) is 3. The Morgan fingerprint density at radius 3 is 2.61 bits per heavy atom. The number of carboxylic acid groups (broad SMARTS) is 1. The summed E-state index contributed by atoms with van der Waals surface area (Å²) in [5.74, 6) is -2.45. The van der Waals surface area contributed by atoms with Gasteiger partial charge in [0.25, 0.3) is 0 Å². The first-order valence-electron chi connectivity index (χ1n) is 9.42. The molecule has 0 amide bonds. The van der Waals surface area contributed by atoms with Crippen LogP contribution in [-0.4, -0.2) is 25.4 Å². The number of aromatic nitrogens is 3. The average molecular weight is 462 g/mol. The summed E-state index contributed by atoms with van der Waals surface area (Å²) >= 11 is 7.24. The third kappa shape index (κ3) is 3.81. The van der Waals surface area contributed by atoms with Crippen LogP contribution in [0.5, 0.6) is 0 Å². The number of carboxylic acids is 1. The van der Waals surface area contributed by atoms with E-state index < -0.39 is 17.6 Å². The van der Waals surface area contributed by atoms with Crippen molar-refractivity contribution in [1.82, 2.24) is 14.3 Å². The molecule has 9 heteroatoms. The Kier molecular flexibility index (Phi) is 5.53. The summed E-state index contributed by atoms with van der Waals surface area (Å²) in [6.45, 7) is 5.79. The number of aromatic carboxylic acids is 1. The van der Waals surface area contributed by atoms with Crippen molar-refractivity contribution in [3.05, 3.63) is 70.6 Å². The van der Waals surface area contributed by atoms with Crippen LogP contribution < -0.4 is 0 Å². The van der Waals surface area contributed by atoms with Crippen LogP contribution in [0.15, 0.2) is 52.5 Å². The van der Waals surface area contributed by atoms with E-state index in [0.29, 0.717) is 26.6 Å². The number of hydrogen-bond acceptors (Lipinski definition) is 3. The number of hydrogen-bond donors (Lipinski definition) is 1. The predicted octanol–water partition coefficient (Wildman–Crippen LogP) is 6.50. The topological polar surface area (TPSA) is 60.0 Å². The van der Waals surface area contributed by atoms with Crippen LogP contribution in [0.2, 0.25) is 5.02 Å². The summed E-state index contributed by atoms with van der Waals surface area (Å²) in [5, 5.41) is 14.2. The lowest BCUT2D eigenvalue weighted by Crippen LogP contribution is -2.01. The van der Waals surface area contributed by atoms with Crippen LogP contribution in [0.1, 0.15) is 35.9 Å². The Morgan fingerprint density at radius 1 is 1.23 bits per heavy atom. The second kappa shape index (κ2) is 8.01. The lowest BCUT2D eigenvalue weighted by Gasteiger charge is -2.08. The highest BCUT2D eigenvalue weighted by molar-refractivity contribution is 7.99. The molecule has 0 aliphatic rings. The first kappa shape index (κ1) is 21.4. The summed E-state index contributed by atoms with van der Waals surface area (Å²) < 4.78 is 32.6. The third-order valence-corrected chi connectivity index (χ3v) is 6.40. The molecule has 5 nitrogen and oxygen atoms in total. The maximum Gasteiger partial charge on any atom is 0.335 e. The number of halogens is 3. The molecule has 2 heterocycles. The molecular weight excluding hydrogens is 444 g/mol. The number of carbonyl (C=O) groups is 1. The second-order valence-electron chi connectivity index (χ2n) is 7.36. The standard InChI is InChI=1S/C22H18ClF2N3O2S/c1-11(2)27-10-15(9-26-27)28-12(3)21(17-4-5-18(23)19(25)20(17)28)31-16-7-13(22(29)30)6-14(24)8-16/h4-11H,1-3H3,(H,29,30). The van der Waals surface area contributed by atoms with Crippen LogP contribution in [0, 0.1) is 18.6 Å². The van der Waals surface area contributed by atoms with E-state index in [4.69, 9.17) is 11.6 Å². The highest BCUT2D eigenvalue weighted by Crippen LogP contribution is 2.42. The highest BCUT2D eigenvalue weighted by atomic mass is 35.5. The monoisotopic (exact) mass is 461 g/mol. The molecule has 4 rings (SSSR count). The highest BCUT2D eigenvalue weighted by Gasteiger charge is 2.22. The first-order valence-corrected chi connectivity index (χ1v) is 10.6. The van der Waals surface area contributed by atoms with Crippen LogP contribution in [-0.2, 0) is 0 Å². The Balaban J connectivity index is 1.94. The predicted molar refractivity (Wildman–Crippen MR) is 117 cm³/mol. The van der Waals surface area contributed by atoms with E-state index in [-0.39, 0.29) is 22.1 Å². The largest absolute Gasteiger partial charge is 0.478 e. The van der Waals surface area contributed by atoms with Crippen LogP contribution in [0.3, 0.4) is 0 Å². The summed E-state index contributed by atoms with van der Waals surface area (Å²) in [4.78, 5) is 12.4. The molecule has 2 aromatic carbocycles. The third-order valence-electron chi connectivity index (χ3n) is 4.91. The fourth-order valence-electron chi connectivity index (χ4n) is 3.45. The van der Waals surface area contributed by atoms with Crippen LogP contribution in [0.25, 0.3) is 16.6 Å². The van der Waals surface area contributed by atoms with Crippen LogP contribution in [0.4, 0.5) is 8.78 Å². The molecule has 31 heavy (non-hydrogen) atoms. The van der Waals surface area contributed by atoms with Gasteiger partial charge >= 0.3 is 5.97 Å². The molecule has 0 bridgehead atoms. The Morgan fingerprint density at radius 2 is 1.97 bits per heavy atom. The number of benzene rings is 2. The summed E-state index contributed by atoms with van der Waals surface area (Å²) in [6, 6.07) is 6.91. The van der Waals surface area contributed by atoms with Gasteiger partial charge in [0, 0.05) is 33.1 Å². The normalized spacial score (nSPS) is 11.6. The van der Waals surface area contributed by atoms with Crippen molar-refractivity contribution in [2.75, 3.05) is 0 Å². The van der Waals surface area contributed by atoms with Crippen molar-refractivity contribution >= 4 is 40.2 Å². The minimum absolute atomic E-state index is 0.0158. The average Bonchev–Trinajstić information content (AvgIpc) is 3.28. The SMILES string of the molecule is Cc1c(Sc2cc(F)cc(C(=O)O)c2)c2ccc(Cl)c(F)c2n1-c1cnn(C(C)C)c1. The molecule has 0 fully saturated rings. The van der Waals surface area contributed by atoms with Gasteiger partial charge in [-0.3, -0.25) is 4.68 Å². The van der Waals surface area contributed by atoms with Crippen molar-refractivity contribution < 1.29 is 18.7 Å². The van der Waals surface area contributed by atoms with Gasteiger partial charge in [0.2, 0.25) is 0 Å². The molecule has 0 radical (unpaired) electrons. The van der Waals surface area contributed by atoms with Crippen molar-refractivity contribution in [3.63, 3.8) is 0 Å². The Hall–Kier alpha value is -2.84. The van der Waals surface area contributed by atoms with E-state index in [1.165, 1.54) is 30.0 Å². The first-order chi connectivity index (χ1) is 14.7. The zero-order valence-corrected chi connectivity index (χ0v) is 18.4. The lowest BCUT2D eigenvalue weighted by atomic mass is 10.2. The molecule has 0 aliphatic heterocycles. The summed E-state index contributed by atoms with van der Waals surface area (Å²) in [5.41, 5.74) is 1.49. The maximum atomic E-state index is 15.1. The van der Waals surface area contributed by atoms with E-state index in [2.05, 4.69) is 5.10 Å². The molecule has 2 aromatic heterocycles. The van der Waals surface area contributed by atoms with Gasteiger partial charge in [-0.25, -0.2) is 13.6 Å². The molecule has 1 N–H and O–H groups in total. The minimum atomic E-state index is -1.22. The van der Waals surface area contributed by atoms with Gasteiger partial charge in [-0.15, -0.1) is 0 Å². The molecule has 0 atom stereocenters. The van der Waals surface area contributed by atoms with Crippen molar-refractivity contribution in [3.8, 4) is 5.69 Å².